The average molecular weight is 481 g/mol. The van der Waals surface area contributed by atoms with Crippen LogP contribution in [-0.4, -0.2) is 46.6 Å². The minimum absolute atomic E-state index is 0.0731. The van der Waals surface area contributed by atoms with Crippen LogP contribution in [-0.2, 0) is 9.59 Å². The third kappa shape index (κ3) is 4.76. The summed E-state index contributed by atoms with van der Waals surface area (Å²) in [5, 5.41) is 3.07. The van der Waals surface area contributed by atoms with E-state index in [1.54, 1.807) is 50.1 Å². The number of hydrogen-bond donors (Lipinski definition) is 2. The Balaban J connectivity index is 1.64. The minimum Gasteiger partial charge on any atom is -0.435 e. The number of carbonyl (C=O) groups is 3. The van der Waals surface area contributed by atoms with Gasteiger partial charge < -0.3 is 20.4 Å². The number of aryl methyl sites for hydroxylation is 1. The van der Waals surface area contributed by atoms with Gasteiger partial charge in [0.25, 0.3) is 0 Å². The van der Waals surface area contributed by atoms with E-state index in [1.807, 2.05) is 6.07 Å². The molecule has 1 aromatic heterocycles. The zero-order chi connectivity index (χ0) is 25.2. The summed E-state index contributed by atoms with van der Waals surface area (Å²) in [4.78, 5) is 46.1. The Hall–Kier alpha value is -3.00. The van der Waals surface area contributed by atoms with Crippen molar-refractivity contribution < 1.29 is 18.8 Å². The number of nitrogens with two attached hydrogens (primary N) is 1. The van der Waals surface area contributed by atoms with Crippen LogP contribution in [0.3, 0.4) is 0 Å². The van der Waals surface area contributed by atoms with E-state index in [1.165, 1.54) is 0 Å². The predicted molar refractivity (Wildman–Crippen MR) is 132 cm³/mol. The normalized spacial score (nSPS) is 21.5. The molecule has 1 aliphatic heterocycles. The van der Waals surface area contributed by atoms with Gasteiger partial charge in [-0.05, 0) is 52.5 Å². The average Bonchev–Trinajstić information content (AvgIpc) is 3.51. The molecule has 4 rings (SSSR count). The van der Waals surface area contributed by atoms with Crippen LogP contribution in [0, 0.1) is 18.8 Å². The summed E-state index contributed by atoms with van der Waals surface area (Å²) in [5.74, 6) is -0.776. The Kier molecular flexibility index (Phi) is 7.40. The summed E-state index contributed by atoms with van der Waals surface area (Å²) >= 11 is 0. The Morgan fingerprint density at radius 2 is 1.80 bits per heavy atom. The second-order valence-electron chi connectivity index (χ2n) is 10.0. The summed E-state index contributed by atoms with van der Waals surface area (Å²) in [7, 11) is 1.69. The molecular weight excluding hydrogens is 444 g/mol. The van der Waals surface area contributed by atoms with Gasteiger partial charge in [0.2, 0.25) is 23.5 Å². The van der Waals surface area contributed by atoms with Crippen molar-refractivity contribution in [2.45, 2.75) is 70.4 Å². The Morgan fingerprint density at radius 3 is 2.43 bits per heavy atom. The number of oxazole rings is 1. The third-order valence-corrected chi connectivity index (χ3v) is 7.92. The summed E-state index contributed by atoms with van der Waals surface area (Å²) in [6.07, 6.45) is 6.50. The summed E-state index contributed by atoms with van der Waals surface area (Å²) in [6.45, 7) is 4.04. The summed E-state index contributed by atoms with van der Waals surface area (Å²) in [5.41, 5.74) is 5.72. The first-order valence-electron chi connectivity index (χ1n) is 12.6. The highest BCUT2D eigenvalue weighted by atomic mass is 16.4. The lowest BCUT2D eigenvalue weighted by atomic mass is 9.69. The largest absolute Gasteiger partial charge is 0.435 e. The molecule has 0 spiro atoms. The lowest BCUT2D eigenvalue weighted by Gasteiger charge is -2.42. The molecule has 3 N–H and O–H groups in total. The maximum Gasteiger partial charge on any atom is 0.238 e. The fourth-order valence-corrected chi connectivity index (χ4v) is 5.78. The highest BCUT2D eigenvalue weighted by Gasteiger charge is 2.50. The van der Waals surface area contributed by atoms with E-state index >= 15 is 0 Å². The van der Waals surface area contributed by atoms with Crippen LogP contribution in [0.2, 0.25) is 0 Å². The molecule has 1 saturated heterocycles. The second kappa shape index (κ2) is 10.3. The SMILES string of the molecule is CNC(C)(C(N)=O)[C@@H](C(=O)N1CCC[C@H]1c1nc(C)c(C(=O)c2ccccc2)o1)C1CCCCC1. The molecule has 8 heteroatoms. The van der Waals surface area contributed by atoms with Gasteiger partial charge in [-0.25, -0.2) is 4.98 Å². The molecule has 188 valence electrons. The highest BCUT2D eigenvalue weighted by Crippen LogP contribution is 2.41. The lowest BCUT2D eigenvalue weighted by molar-refractivity contribution is -0.147. The van der Waals surface area contributed by atoms with E-state index in [2.05, 4.69) is 10.3 Å². The lowest BCUT2D eigenvalue weighted by Crippen LogP contribution is -2.63. The van der Waals surface area contributed by atoms with Crippen LogP contribution in [0.15, 0.2) is 34.7 Å². The predicted octanol–water partition coefficient (Wildman–Crippen LogP) is 3.54. The molecule has 2 aromatic rings. The van der Waals surface area contributed by atoms with Crippen LogP contribution in [0.4, 0.5) is 0 Å². The maximum atomic E-state index is 14.1. The molecule has 8 nitrogen and oxygen atoms in total. The van der Waals surface area contributed by atoms with E-state index < -0.39 is 17.4 Å². The standard InChI is InChI=1S/C27H36N4O4/c1-17-23(22(32)19-13-8-5-9-14-19)35-24(30-17)20-15-10-16-31(20)25(33)21(18-11-6-4-7-12-18)27(2,29-3)26(28)34/h5,8-9,13-14,18,20-21,29H,4,6-7,10-12,15-16H2,1-3H3,(H2,28,34)/t20-,21+,27?/m0/s1. The number of likely N-dealkylation sites (N-methyl/N-ethyl adjacent to an activating group) is 1. The monoisotopic (exact) mass is 480 g/mol. The summed E-state index contributed by atoms with van der Waals surface area (Å²) < 4.78 is 6.02. The van der Waals surface area contributed by atoms with Crippen molar-refractivity contribution in [3.63, 3.8) is 0 Å². The molecule has 1 unspecified atom stereocenters. The van der Waals surface area contributed by atoms with E-state index in [4.69, 9.17) is 10.2 Å². The van der Waals surface area contributed by atoms with Gasteiger partial charge in [-0.1, -0.05) is 49.6 Å². The van der Waals surface area contributed by atoms with Gasteiger partial charge in [0.1, 0.15) is 11.6 Å². The van der Waals surface area contributed by atoms with Crippen LogP contribution in [0.1, 0.15) is 85.6 Å². The maximum absolute atomic E-state index is 14.1. The number of rotatable bonds is 8. The second-order valence-corrected chi connectivity index (χ2v) is 10.0. The first-order valence-corrected chi connectivity index (χ1v) is 12.6. The molecule has 1 saturated carbocycles. The van der Waals surface area contributed by atoms with Crippen molar-refractivity contribution >= 4 is 17.6 Å². The smallest absolute Gasteiger partial charge is 0.238 e. The fraction of sp³-hybridized carbons (Fsp3) is 0.556. The molecular formula is C27H36N4O4. The number of benzene rings is 1. The number of aromatic nitrogens is 1. The number of likely N-dealkylation sites (tertiary alicyclic amines) is 1. The van der Waals surface area contributed by atoms with Gasteiger partial charge in [-0.3, -0.25) is 14.4 Å². The first kappa shape index (κ1) is 25.1. The molecule has 2 aliphatic rings. The molecule has 2 heterocycles. The first-order chi connectivity index (χ1) is 16.8. The van der Waals surface area contributed by atoms with E-state index in [-0.39, 0.29) is 29.4 Å². The molecule has 2 fully saturated rings. The molecule has 0 bridgehead atoms. The van der Waals surface area contributed by atoms with E-state index in [9.17, 15) is 14.4 Å². The quantitative estimate of drug-likeness (QED) is 0.558. The highest BCUT2D eigenvalue weighted by molar-refractivity contribution is 6.07. The Labute approximate surface area is 206 Å². The Bertz CT molecular complexity index is 1080. The van der Waals surface area contributed by atoms with Crippen molar-refractivity contribution in [2.24, 2.45) is 17.6 Å². The van der Waals surface area contributed by atoms with Crippen molar-refractivity contribution in [1.29, 1.82) is 0 Å². The molecule has 3 atom stereocenters. The number of carbonyl (C=O) groups excluding carboxylic acids is 3. The van der Waals surface area contributed by atoms with E-state index in [0.717, 1.165) is 38.5 Å². The van der Waals surface area contributed by atoms with Crippen molar-refractivity contribution in [3.05, 3.63) is 53.2 Å². The number of ketones is 1. The zero-order valence-corrected chi connectivity index (χ0v) is 20.9. The minimum atomic E-state index is -1.16. The van der Waals surface area contributed by atoms with Crippen LogP contribution < -0.4 is 11.1 Å². The van der Waals surface area contributed by atoms with Gasteiger partial charge >= 0.3 is 0 Å². The number of amides is 2. The van der Waals surface area contributed by atoms with Gasteiger partial charge in [0.15, 0.2) is 5.76 Å². The molecule has 1 aromatic carbocycles. The van der Waals surface area contributed by atoms with Crippen molar-refractivity contribution in [1.82, 2.24) is 15.2 Å². The zero-order valence-electron chi connectivity index (χ0n) is 20.9. The molecule has 35 heavy (non-hydrogen) atoms. The fourth-order valence-electron chi connectivity index (χ4n) is 5.78. The molecule has 0 radical (unpaired) electrons. The number of hydrogen-bond acceptors (Lipinski definition) is 6. The van der Waals surface area contributed by atoms with Gasteiger partial charge in [-0.15, -0.1) is 0 Å². The van der Waals surface area contributed by atoms with Crippen LogP contribution in [0.25, 0.3) is 0 Å². The summed E-state index contributed by atoms with van der Waals surface area (Å²) in [6, 6.07) is 8.57. The van der Waals surface area contributed by atoms with Crippen LogP contribution >= 0.6 is 0 Å². The molecule has 2 amide bonds. The van der Waals surface area contributed by atoms with E-state index in [0.29, 0.717) is 30.1 Å². The molecule has 1 aliphatic carbocycles. The number of nitrogens with zero attached hydrogens (tertiary/aromatic N) is 2. The van der Waals surface area contributed by atoms with Crippen molar-refractivity contribution in [2.75, 3.05) is 13.6 Å². The number of primary amides is 1. The Morgan fingerprint density at radius 1 is 1.11 bits per heavy atom. The van der Waals surface area contributed by atoms with Gasteiger partial charge in [-0.2, -0.15) is 0 Å². The van der Waals surface area contributed by atoms with Crippen LogP contribution in [0.5, 0.6) is 0 Å². The number of nitrogens with one attached hydrogen (secondary N) is 1. The van der Waals surface area contributed by atoms with Gasteiger partial charge in [0, 0.05) is 12.1 Å². The third-order valence-electron chi connectivity index (χ3n) is 7.92. The topological polar surface area (TPSA) is 119 Å². The van der Waals surface area contributed by atoms with Crippen molar-refractivity contribution in [3.8, 4) is 0 Å². The van der Waals surface area contributed by atoms with Gasteiger partial charge in [0.05, 0.1) is 11.6 Å².